The molecule has 7 heteroatoms. The van der Waals surface area contributed by atoms with Crippen LogP contribution < -0.4 is 16.4 Å². The lowest BCUT2D eigenvalue weighted by Crippen LogP contribution is -2.49. The van der Waals surface area contributed by atoms with Gasteiger partial charge in [-0.3, -0.25) is 10.2 Å². The van der Waals surface area contributed by atoms with Gasteiger partial charge >= 0.3 is 0 Å². The number of carbonyl (C=O) groups is 1. The molecule has 2 unspecified atom stereocenters. The van der Waals surface area contributed by atoms with Gasteiger partial charge in [0.25, 0.3) is 5.91 Å². The standard InChI is InChI=1S/C13H18N4O3/c14-12(15)8-1-3-9(4-2-8)17-13(19)11(18)10-7-16-5-6-20-10/h1-4,10-11,16,18H,5-7H2,(H3,14,15)(H,17,19). The van der Waals surface area contributed by atoms with E-state index in [0.717, 1.165) is 6.54 Å². The Labute approximate surface area is 116 Å². The maximum atomic E-state index is 11.9. The zero-order chi connectivity index (χ0) is 14.5. The molecule has 1 heterocycles. The number of benzene rings is 1. The van der Waals surface area contributed by atoms with Crippen molar-refractivity contribution in [2.45, 2.75) is 12.2 Å². The van der Waals surface area contributed by atoms with Gasteiger partial charge < -0.3 is 26.2 Å². The fourth-order valence-corrected chi connectivity index (χ4v) is 1.91. The van der Waals surface area contributed by atoms with E-state index >= 15 is 0 Å². The highest BCUT2D eigenvalue weighted by Crippen LogP contribution is 2.11. The Balaban J connectivity index is 1.94. The smallest absolute Gasteiger partial charge is 0.255 e. The summed E-state index contributed by atoms with van der Waals surface area (Å²) in [4.78, 5) is 11.9. The maximum Gasteiger partial charge on any atom is 0.255 e. The first-order valence-electron chi connectivity index (χ1n) is 6.33. The highest BCUT2D eigenvalue weighted by molar-refractivity contribution is 5.97. The average Bonchev–Trinajstić information content (AvgIpc) is 2.48. The van der Waals surface area contributed by atoms with Crippen molar-refractivity contribution in [2.24, 2.45) is 5.73 Å². The number of ether oxygens (including phenoxy) is 1. The molecule has 1 aromatic carbocycles. The number of aliphatic hydroxyl groups excluding tert-OH is 1. The van der Waals surface area contributed by atoms with E-state index in [0.29, 0.717) is 24.4 Å². The Kier molecular flexibility index (Phi) is 4.67. The summed E-state index contributed by atoms with van der Waals surface area (Å²) in [6, 6.07) is 6.51. The molecule has 0 aliphatic carbocycles. The monoisotopic (exact) mass is 278 g/mol. The molecule has 0 saturated carbocycles. The van der Waals surface area contributed by atoms with E-state index in [1.807, 2.05) is 0 Å². The van der Waals surface area contributed by atoms with Crippen LogP contribution in [0.25, 0.3) is 0 Å². The molecule has 0 radical (unpaired) electrons. The van der Waals surface area contributed by atoms with E-state index in [-0.39, 0.29) is 5.84 Å². The maximum absolute atomic E-state index is 11.9. The average molecular weight is 278 g/mol. The highest BCUT2D eigenvalue weighted by atomic mass is 16.5. The molecule has 2 atom stereocenters. The molecule has 7 nitrogen and oxygen atoms in total. The fourth-order valence-electron chi connectivity index (χ4n) is 1.91. The second-order valence-electron chi connectivity index (χ2n) is 4.54. The molecule has 1 fully saturated rings. The second-order valence-corrected chi connectivity index (χ2v) is 4.54. The molecule has 2 rings (SSSR count). The van der Waals surface area contributed by atoms with E-state index < -0.39 is 18.1 Å². The van der Waals surface area contributed by atoms with E-state index in [4.69, 9.17) is 15.9 Å². The molecule has 108 valence electrons. The number of amidine groups is 1. The number of amides is 1. The van der Waals surface area contributed by atoms with Gasteiger partial charge in [0.15, 0.2) is 6.10 Å². The summed E-state index contributed by atoms with van der Waals surface area (Å²) in [6.45, 7) is 1.64. The Morgan fingerprint density at radius 1 is 1.50 bits per heavy atom. The molecule has 0 aromatic heterocycles. The minimum Gasteiger partial charge on any atom is -0.384 e. The number of aliphatic hydroxyl groups is 1. The van der Waals surface area contributed by atoms with Gasteiger partial charge in [0, 0.05) is 24.3 Å². The Morgan fingerprint density at radius 2 is 2.20 bits per heavy atom. The van der Waals surface area contributed by atoms with Crippen LogP contribution in [-0.4, -0.2) is 48.8 Å². The zero-order valence-electron chi connectivity index (χ0n) is 10.9. The molecule has 1 aromatic rings. The number of morpholine rings is 1. The number of rotatable bonds is 4. The van der Waals surface area contributed by atoms with Gasteiger partial charge in [-0.05, 0) is 24.3 Å². The van der Waals surface area contributed by atoms with Crippen LogP contribution in [0.5, 0.6) is 0 Å². The summed E-state index contributed by atoms with van der Waals surface area (Å²) in [7, 11) is 0. The molecule has 1 aliphatic rings. The lowest BCUT2D eigenvalue weighted by Gasteiger charge is -2.27. The van der Waals surface area contributed by atoms with Crippen molar-refractivity contribution in [1.82, 2.24) is 5.32 Å². The zero-order valence-corrected chi connectivity index (χ0v) is 10.9. The molecule has 1 aliphatic heterocycles. The number of anilines is 1. The van der Waals surface area contributed by atoms with Crippen LogP contribution in [0.1, 0.15) is 5.56 Å². The number of carbonyl (C=O) groups excluding carboxylic acids is 1. The van der Waals surface area contributed by atoms with Gasteiger partial charge in [-0.2, -0.15) is 0 Å². The minimum atomic E-state index is -1.23. The van der Waals surface area contributed by atoms with Crippen molar-refractivity contribution < 1.29 is 14.6 Å². The molecule has 1 saturated heterocycles. The third-order valence-electron chi connectivity index (χ3n) is 3.04. The van der Waals surface area contributed by atoms with E-state index in [9.17, 15) is 9.90 Å². The molecule has 20 heavy (non-hydrogen) atoms. The van der Waals surface area contributed by atoms with Crippen LogP contribution in [0.15, 0.2) is 24.3 Å². The molecule has 6 N–H and O–H groups in total. The largest absolute Gasteiger partial charge is 0.384 e. The van der Waals surface area contributed by atoms with Crippen LogP contribution >= 0.6 is 0 Å². The molecule has 0 bridgehead atoms. The lowest BCUT2D eigenvalue weighted by molar-refractivity contribution is -0.134. The summed E-state index contributed by atoms with van der Waals surface area (Å²) < 4.78 is 5.33. The van der Waals surface area contributed by atoms with Crippen molar-refractivity contribution in [2.75, 3.05) is 25.0 Å². The highest BCUT2D eigenvalue weighted by Gasteiger charge is 2.28. The molecule has 1 amide bonds. The molecular formula is C13H18N4O3. The number of nitrogens with one attached hydrogen (secondary N) is 3. The fraction of sp³-hybridized carbons (Fsp3) is 0.385. The Morgan fingerprint density at radius 3 is 2.75 bits per heavy atom. The third-order valence-corrected chi connectivity index (χ3v) is 3.04. The van der Waals surface area contributed by atoms with Gasteiger partial charge in [0.1, 0.15) is 11.9 Å². The normalized spacial score (nSPS) is 20.1. The summed E-state index contributed by atoms with van der Waals surface area (Å²) in [5.74, 6) is -0.557. The first-order valence-corrected chi connectivity index (χ1v) is 6.33. The number of nitrogens with two attached hydrogens (primary N) is 1. The number of nitrogen functional groups attached to an aromatic ring is 1. The van der Waals surface area contributed by atoms with Crippen LogP contribution in [0.3, 0.4) is 0 Å². The molecular weight excluding hydrogens is 260 g/mol. The minimum absolute atomic E-state index is 0.0374. The predicted molar refractivity (Wildman–Crippen MR) is 74.7 cm³/mol. The Hall–Kier alpha value is -1.96. The van der Waals surface area contributed by atoms with Crippen molar-refractivity contribution >= 4 is 17.4 Å². The quantitative estimate of drug-likeness (QED) is 0.367. The van der Waals surface area contributed by atoms with Crippen LogP contribution in [0.2, 0.25) is 0 Å². The van der Waals surface area contributed by atoms with E-state index in [1.165, 1.54) is 0 Å². The Bertz CT molecular complexity index is 483. The van der Waals surface area contributed by atoms with E-state index in [1.54, 1.807) is 24.3 Å². The van der Waals surface area contributed by atoms with Crippen molar-refractivity contribution in [1.29, 1.82) is 5.41 Å². The number of hydrogen-bond acceptors (Lipinski definition) is 5. The summed E-state index contributed by atoms with van der Waals surface area (Å²) in [6.07, 6.45) is -1.77. The summed E-state index contributed by atoms with van der Waals surface area (Å²) >= 11 is 0. The first kappa shape index (κ1) is 14.4. The second kappa shape index (κ2) is 6.47. The predicted octanol–water partition coefficient (Wildman–Crippen LogP) is -0.742. The topological polar surface area (TPSA) is 120 Å². The van der Waals surface area contributed by atoms with Gasteiger partial charge in [0.2, 0.25) is 0 Å². The van der Waals surface area contributed by atoms with Gasteiger partial charge in [-0.1, -0.05) is 0 Å². The van der Waals surface area contributed by atoms with Crippen molar-refractivity contribution in [3.05, 3.63) is 29.8 Å². The van der Waals surface area contributed by atoms with Crippen LogP contribution in [0.4, 0.5) is 5.69 Å². The van der Waals surface area contributed by atoms with Gasteiger partial charge in [-0.25, -0.2) is 0 Å². The van der Waals surface area contributed by atoms with Gasteiger partial charge in [0.05, 0.1) is 6.61 Å². The van der Waals surface area contributed by atoms with Gasteiger partial charge in [-0.15, -0.1) is 0 Å². The SMILES string of the molecule is N=C(N)c1ccc(NC(=O)C(O)C2CNCCO2)cc1. The third kappa shape index (κ3) is 3.53. The van der Waals surface area contributed by atoms with Crippen LogP contribution in [-0.2, 0) is 9.53 Å². The van der Waals surface area contributed by atoms with Crippen LogP contribution in [0, 0.1) is 5.41 Å². The first-order chi connectivity index (χ1) is 9.58. The number of hydrogen-bond donors (Lipinski definition) is 5. The van der Waals surface area contributed by atoms with E-state index in [2.05, 4.69) is 10.6 Å². The molecule has 0 spiro atoms. The van der Waals surface area contributed by atoms with Crippen molar-refractivity contribution in [3.63, 3.8) is 0 Å². The lowest BCUT2D eigenvalue weighted by atomic mass is 10.1. The summed E-state index contributed by atoms with van der Waals surface area (Å²) in [5.41, 5.74) is 6.45. The summed E-state index contributed by atoms with van der Waals surface area (Å²) in [5, 5.41) is 22.8. The van der Waals surface area contributed by atoms with Crippen molar-refractivity contribution in [3.8, 4) is 0 Å².